The number of carbonyl (C=O) groups excluding carboxylic acids is 2. The molecule has 1 aliphatic heterocycles. The van der Waals surface area contributed by atoms with E-state index in [0.29, 0.717) is 5.56 Å². The number of benzene rings is 3. The van der Waals surface area contributed by atoms with Gasteiger partial charge in [0, 0.05) is 11.4 Å². The zero-order valence-electron chi connectivity index (χ0n) is 13.8. The number of nitrogens with zero attached hydrogens (tertiary/aromatic N) is 1. The smallest absolute Gasteiger partial charge is 0.262 e. The molecule has 1 atom stereocenters. The van der Waals surface area contributed by atoms with Crippen LogP contribution in [0.1, 0.15) is 32.4 Å². The van der Waals surface area contributed by atoms with Crippen LogP contribution < -0.4 is 15.3 Å². The van der Waals surface area contributed by atoms with Crippen molar-refractivity contribution in [3.8, 4) is 0 Å². The number of hydrogen-bond acceptors (Lipinski definition) is 4. The van der Waals surface area contributed by atoms with Crippen molar-refractivity contribution >= 4 is 23.3 Å². The van der Waals surface area contributed by atoms with Gasteiger partial charge in [0.1, 0.15) is 6.17 Å². The highest BCUT2D eigenvalue weighted by Crippen LogP contribution is 2.36. The van der Waals surface area contributed by atoms with Crippen molar-refractivity contribution in [2.24, 2.45) is 0 Å². The molecule has 1 heterocycles. The largest absolute Gasteiger partial charge is 0.545 e. The third-order valence-electron chi connectivity index (χ3n) is 4.42. The number of hydrogen-bond donors (Lipinski definition) is 1. The molecule has 0 bridgehead atoms. The molecule has 26 heavy (non-hydrogen) atoms. The van der Waals surface area contributed by atoms with E-state index in [1.807, 2.05) is 48.5 Å². The number of carboxylic acids is 1. The third kappa shape index (κ3) is 2.69. The van der Waals surface area contributed by atoms with Crippen molar-refractivity contribution in [2.45, 2.75) is 6.17 Å². The lowest BCUT2D eigenvalue weighted by Gasteiger charge is -2.38. The van der Waals surface area contributed by atoms with Crippen molar-refractivity contribution in [3.63, 3.8) is 0 Å². The number of carboxylic acid groups (broad SMARTS) is 1. The molecule has 0 aliphatic carbocycles. The third-order valence-corrected chi connectivity index (χ3v) is 4.42. The van der Waals surface area contributed by atoms with E-state index in [9.17, 15) is 14.7 Å². The maximum atomic E-state index is 13.2. The van der Waals surface area contributed by atoms with E-state index in [4.69, 9.17) is 0 Å². The number of aromatic carboxylic acids is 1. The number of para-hydroxylation sites is 2. The lowest BCUT2D eigenvalue weighted by molar-refractivity contribution is -0.255. The summed E-state index contributed by atoms with van der Waals surface area (Å²) in [5.74, 6) is -1.34. The van der Waals surface area contributed by atoms with Crippen molar-refractivity contribution in [1.82, 2.24) is 0 Å². The van der Waals surface area contributed by atoms with Gasteiger partial charge in [-0.15, -0.1) is 0 Å². The van der Waals surface area contributed by atoms with E-state index in [0.717, 1.165) is 16.9 Å². The molecular formula is C21H15N2O3-. The Morgan fingerprint density at radius 1 is 0.885 bits per heavy atom. The maximum absolute atomic E-state index is 13.2. The second-order valence-corrected chi connectivity index (χ2v) is 6.01. The summed E-state index contributed by atoms with van der Waals surface area (Å²) >= 11 is 0. The standard InChI is InChI=1S/C21H16N2O3/c24-20-17-8-4-5-9-18(17)22-19(23(20)16-6-2-1-3-7-16)14-10-12-15(13-11-14)21(25)26/h1-13,19,22H,(H,25,26)/p-1/t19-/m1/s1. The molecule has 0 saturated carbocycles. The lowest BCUT2D eigenvalue weighted by atomic mass is 10.0. The Bertz CT molecular complexity index is 968. The summed E-state index contributed by atoms with van der Waals surface area (Å²) in [5, 5.41) is 14.4. The Hall–Kier alpha value is -3.60. The number of carbonyl (C=O) groups is 2. The first-order valence-electron chi connectivity index (χ1n) is 8.20. The first-order valence-corrected chi connectivity index (χ1v) is 8.20. The van der Waals surface area contributed by atoms with Gasteiger partial charge in [0.15, 0.2) is 0 Å². The van der Waals surface area contributed by atoms with Crippen molar-refractivity contribution < 1.29 is 14.7 Å². The zero-order valence-corrected chi connectivity index (χ0v) is 13.8. The fourth-order valence-electron chi connectivity index (χ4n) is 3.14. The molecule has 0 unspecified atom stereocenters. The number of fused-ring (bicyclic) bond motifs is 1. The topological polar surface area (TPSA) is 72.5 Å². The van der Waals surface area contributed by atoms with Crippen LogP contribution in [0.2, 0.25) is 0 Å². The van der Waals surface area contributed by atoms with Gasteiger partial charge in [-0.3, -0.25) is 9.69 Å². The van der Waals surface area contributed by atoms with Crippen LogP contribution in [0.15, 0.2) is 78.9 Å². The van der Waals surface area contributed by atoms with Crippen LogP contribution in [0.3, 0.4) is 0 Å². The summed E-state index contributed by atoms with van der Waals surface area (Å²) in [5.41, 5.74) is 2.98. The minimum atomic E-state index is -1.23. The van der Waals surface area contributed by atoms with Gasteiger partial charge in [-0.05, 0) is 35.4 Å². The molecule has 1 aliphatic rings. The van der Waals surface area contributed by atoms with Crippen molar-refractivity contribution in [2.75, 3.05) is 10.2 Å². The SMILES string of the molecule is O=C([O-])c1ccc([C@@H]2Nc3ccccc3C(=O)N2c2ccccc2)cc1. The van der Waals surface area contributed by atoms with Gasteiger partial charge in [0.05, 0.1) is 11.5 Å². The normalized spacial score (nSPS) is 15.9. The van der Waals surface area contributed by atoms with Gasteiger partial charge >= 0.3 is 0 Å². The van der Waals surface area contributed by atoms with Crippen molar-refractivity contribution in [1.29, 1.82) is 0 Å². The van der Waals surface area contributed by atoms with E-state index < -0.39 is 12.1 Å². The molecule has 3 aromatic carbocycles. The molecule has 0 spiro atoms. The molecule has 0 aromatic heterocycles. The Morgan fingerprint density at radius 3 is 2.23 bits per heavy atom. The minimum absolute atomic E-state index is 0.0996. The van der Waals surface area contributed by atoms with Crippen LogP contribution in [0.5, 0.6) is 0 Å². The molecular weight excluding hydrogens is 328 g/mol. The van der Waals surface area contributed by atoms with Crippen LogP contribution in [0, 0.1) is 0 Å². The van der Waals surface area contributed by atoms with Crippen LogP contribution in [-0.4, -0.2) is 11.9 Å². The van der Waals surface area contributed by atoms with Gasteiger partial charge < -0.3 is 15.2 Å². The average Bonchev–Trinajstić information content (AvgIpc) is 2.68. The van der Waals surface area contributed by atoms with Crippen LogP contribution in [0.25, 0.3) is 0 Å². The molecule has 1 N–H and O–H groups in total. The number of rotatable bonds is 3. The summed E-state index contributed by atoms with van der Waals surface area (Å²) in [7, 11) is 0. The predicted octanol–water partition coefficient (Wildman–Crippen LogP) is 2.82. The Balaban J connectivity index is 1.82. The summed E-state index contributed by atoms with van der Waals surface area (Å²) in [6.07, 6.45) is -0.449. The minimum Gasteiger partial charge on any atom is -0.545 e. The highest BCUT2D eigenvalue weighted by Gasteiger charge is 2.33. The van der Waals surface area contributed by atoms with Crippen LogP contribution >= 0.6 is 0 Å². The Morgan fingerprint density at radius 2 is 1.54 bits per heavy atom. The molecule has 128 valence electrons. The molecule has 3 aromatic rings. The molecule has 0 saturated heterocycles. The second kappa shape index (κ2) is 6.37. The molecule has 5 nitrogen and oxygen atoms in total. The summed E-state index contributed by atoms with van der Waals surface area (Å²) < 4.78 is 0. The first kappa shape index (κ1) is 15.9. The second-order valence-electron chi connectivity index (χ2n) is 6.01. The predicted molar refractivity (Wildman–Crippen MR) is 96.8 cm³/mol. The van der Waals surface area contributed by atoms with Gasteiger partial charge in [0.2, 0.25) is 0 Å². The number of anilines is 2. The van der Waals surface area contributed by atoms with Crippen LogP contribution in [0.4, 0.5) is 11.4 Å². The quantitative estimate of drug-likeness (QED) is 0.794. The maximum Gasteiger partial charge on any atom is 0.262 e. The lowest BCUT2D eigenvalue weighted by Crippen LogP contribution is -2.43. The van der Waals surface area contributed by atoms with Gasteiger partial charge in [-0.1, -0.05) is 54.6 Å². The van der Waals surface area contributed by atoms with Crippen molar-refractivity contribution in [3.05, 3.63) is 95.6 Å². The highest BCUT2D eigenvalue weighted by atomic mass is 16.4. The van der Waals surface area contributed by atoms with E-state index in [-0.39, 0.29) is 11.5 Å². The van der Waals surface area contributed by atoms with E-state index in [1.165, 1.54) is 12.1 Å². The molecule has 0 radical (unpaired) electrons. The molecule has 5 heteroatoms. The highest BCUT2D eigenvalue weighted by molar-refractivity contribution is 6.12. The van der Waals surface area contributed by atoms with E-state index in [2.05, 4.69) is 5.32 Å². The molecule has 4 rings (SSSR count). The summed E-state index contributed by atoms with van der Waals surface area (Å²) in [4.78, 5) is 25.8. The fourth-order valence-corrected chi connectivity index (χ4v) is 3.14. The average molecular weight is 343 g/mol. The fraction of sp³-hybridized carbons (Fsp3) is 0.0476. The zero-order chi connectivity index (χ0) is 18.1. The Kier molecular flexibility index (Phi) is 3.89. The molecule has 1 amide bonds. The van der Waals surface area contributed by atoms with Crippen LogP contribution in [-0.2, 0) is 0 Å². The summed E-state index contributed by atoms with van der Waals surface area (Å²) in [6.45, 7) is 0. The van der Waals surface area contributed by atoms with E-state index in [1.54, 1.807) is 23.1 Å². The monoisotopic (exact) mass is 343 g/mol. The molecule has 0 fully saturated rings. The van der Waals surface area contributed by atoms with Gasteiger partial charge in [0.25, 0.3) is 5.91 Å². The van der Waals surface area contributed by atoms with Gasteiger partial charge in [-0.2, -0.15) is 0 Å². The van der Waals surface area contributed by atoms with Gasteiger partial charge in [-0.25, -0.2) is 0 Å². The number of amides is 1. The summed E-state index contributed by atoms with van der Waals surface area (Å²) in [6, 6.07) is 23.1. The van der Waals surface area contributed by atoms with E-state index >= 15 is 0 Å². The first-order chi connectivity index (χ1) is 12.6. The Labute approximate surface area is 150 Å². The number of nitrogens with one attached hydrogen (secondary N) is 1.